The van der Waals surface area contributed by atoms with Crippen molar-refractivity contribution in [3.8, 4) is 5.75 Å². The summed E-state index contributed by atoms with van der Waals surface area (Å²) in [6, 6.07) is 11.2. The Morgan fingerprint density at radius 3 is 2.15 bits per heavy atom. The minimum Gasteiger partial charge on any atom is -0.434 e. The molecule has 0 saturated carbocycles. The van der Waals surface area contributed by atoms with Crippen molar-refractivity contribution in [2.45, 2.75) is 6.61 Å². The molecule has 3 rings (SSSR count). The van der Waals surface area contributed by atoms with E-state index < -0.39 is 18.3 Å². The van der Waals surface area contributed by atoms with Gasteiger partial charge in [0.1, 0.15) is 11.6 Å². The molecular weight excluding hydrogens is 361 g/mol. The van der Waals surface area contributed by atoms with Crippen LogP contribution in [0.3, 0.4) is 0 Å². The first-order chi connectivity index (χ1) is 13.0. The smallest absolute Gasteiger partial charge is 0.387 e. The summed E-state index contributed by atoms with van der Waals surface area (Å²) in [5.74, 6) is -1.44. The summed E-state index contributed by atoms with van der Waals surface area (Å²) in [4.78, 5) is 28.1. The second-order valence-electron chi connectivity index (χ2n) is 5.97. The van der Waals surface area contributed by atoms with Crippen molar-refractivity contribution in [1.82, 2.24) is 9.80 Å². The first-order valence-corrected chi connectivity index (χ1v) is 8.33. The first kappa shape index (κ1) is 18.8. The van der Waals surface area contributed by atoms with E-state index in [0.717, 1.165) is 6.07 Å². The van der Waals surface area contributed by atoms with E-state index in [0.29, 0.717) is 0 Å². The minimum absolute atomic E-state index is 0.0442. The van der Waals surface area contributed by atoms with Gasteiger partial charge in [-0.25, -0.2) is 4.39 Å². The number of para-hydroxylation sites is 1. The molecule has 2 aromatic rings. The topological polar surface area (TPSA) is 49.9 Å². The van der Waals surface area contributed by atoms with Gasteiger partial charge in [-0.1, -0.05) is 18.2 Å². The van der Waals surface area contributed by atoms with Crippen LogP contribution in [-0.4, -0.2) is 54.4 Å². The van der Waals surface area contributed by atoms with Gasteiger partial charge in [0.25, 0.3) is 11.8 Å². The number of benzene rings is 2. The highest BCUT2D eigenvalue weighted by Crippen LogP contribution is 2.22. The molecule has 27 heavy (non-hydrogen) atoms. The minimum atomic E-state index is -3.03. The van der Waals surface area contributed by atoms with Crippen molar-refractivity contribution < 1.29 is 27.5 Å². The molecule has 2 amide bonds. The number of halogens is 3. The van der Waals surface area contributed by atoms with Crippen LogP contribution in [0.5, 0.6) is 5.75 Å². The van der Waals surface area contributed by atoms with Gasteiger partial charge in [-0.05, 0) is 30.3 Å². The van der Waals surface area contributed by atoms with Gasteiger partial charge in [0.2, 0.25) is 0 Å². The lowest BCUT2D eigenvalue weighted by Crippen LogP contribution is -2.50. The number of alkyl halides is 2. The average Bonchev–Trinajstić information content (AvgIpc) is 2.67. The van der Waals surface area contributed by atoms with E-state index >= 15 is 0 Å². The van der Waals surface area contributed by atoms with Crippen molar-refractivity contribution in [1.29, 1.82) is 0 Å². The van der Waals surface area contributed by atoms with E-state index in [-0.39, 0.29) is 49.0 Å². The Bertz CT molecular complexity index is 836. The fourth-order valence-electron chi connectivity index (χ4n) is 2.93. The highest BCUT2D eigenvalue weighted by molar-refractivity contribution is 5.97. The second kappa shape index (κ2) is 8.11. The van der Waals surface area contributed by atoms with E-state index in [4.69, 9.17) is 0 Å². The molecule has 0 unspecified atom stereocenters. The summed E-state index contributed by atoms with van der Waals surface area (Å²) in [5.41, 5.74) is 0.285. The zero-order valence-corrected chi connectivity index (χ0v) is 14.3. The third-order valence-electron chi connectivity index (χ3n) is 4.26. The monoisotopic (exact) mass is 378 g/mol. The maximum absolute atomic E-state index is 13.3. The highest BCUT2D eigenvalue weighted by atomic mass is 19.3. The third kappa shape index (κ3) is 4.39. The number of carbonyl (C=O) groups is 2. The molecule has 142 valence electrons. The lowest BCUT2D eigenvalue weighted by molar-refractivity contribution is -0.0503. The van der Waals surface area contributed by atoms with E-state index in [1.807, 2.05) is 0 Å². The van der Waals surface area contributed by atoms with Crippen LogP contribution in [0.25, 0.3) is 0 Å². The van der Waals surface area contributed by atoms with Gasteiger partial charge in [0.15, 0.2) is 0 Å². The van der Waals surface area contributed by atoms with Crippen molar-refractivity contribution in [2.24, 2.45) is 0 Å². The Morgan fingerprint density at radius 2 is 1.52 bits per heavy atom. The molecule has 0 radical (unpaired) electrons. The van der Waals surface area contributed by atoms with Gasteiger partial charge < -0.3 is 14.5 Å². The van der Waals surface area contributed by atoms with Crippen LogP contribution in [-0.2, 0) is 0 Å². The van der Waals surface area contributed by atoms with Gasteiger partial charge >= 0.3 is 6.61 Å². The Labute approximate surface area is 153 Å². The van der Waals surface area contributed by atoms with Gasteiger partial charge in [-0.15, -0.1) is 0 Å². The molecule has 5 nitrogen and oxygen atoms in total. The second-order valence-corrected chi connectivity index (χ2v) is 5.97. The molecule has 1 heterocycles. The molecule has 0 aliphatic carbocycles. The lowest BCUT2D eigenvalue weighted by atomic mass is 10.1. The Kier molecular flexibility index (Phi) is 5.63. The van der Waals surface area contributed by atoms with Gasteiger partial charge in [0, 0.05) is 31.7 Å². The molecule has 1 fully saturated rings. The van der Waals surface area contributed by atoms with Gasteiger partial charge in [-0.3, -0.25) is 9.59 Å². The number of ether oxygens (including phenoxy) is 1. The van der Waals surface area contributed by atoms with Crippen LogP contribution in [0.1, 0.15) is 20.7 Å². The van der Waals surface area contributed by atoms with Crippen LogP contribution in [0.4, 0.5) is 13.2 Å². The normalized spacial score (nSPS) is 14.4. The molecule has 2 aromatic carbocycles. The van der Waals surface area contributed by atoms with Crippen LogP contribution >= 0.6 is 0 Å². The summed E-state index contributed by atoms with van der Waals surface area (Å²) < 4.78 is 42.7. The van der Waals surface area contributed by atoms with Crippen molar-refractivity contribution in [3.63, 3.8) is 0 Å². The van der Waals surface area contributed by atoms with E-state index in [1.54, 1.807) is 6.07 Å². The Balaban J connectivity index is 1.66. The summed E-state index contributed by atoms with van der Waals surface area (Å²) in [6.45, 7) is -2.02. The van der Waals surface area contributed by atoms with Gasteiger partial charge in [-0.2, -0.15) is 8.78 Å². The molecule has 1 saturated heterocycles. The number of piperazine rings is 1. The largest absolute Gasteiger partial charge is 0.434 e. The van der Waals surface area contributed by atoms with Crippen LogP contribution in [0.2, 0.25) is 0 Å². The number of carbonyl (C=O) groups excluding carboxylic acids is 2. The summed E-state index contributed by atoms with van der Waals surface area (Å²) in [7, 11) is 0. The van der Waals surface area contributed by atoms with Crippen molar-refractivity contribution in [2.75, 3.05) is 26.2 Å². The summed E-state index contributed by atoms with van der Waals surface area (Å²) in [6.07, 6.45) is 0. The quantitative estimate of drug-likeness (QED) is 0.822. The zero-order valence-electron chi connectivity index (χ0n) is 14.3. The van der Waals surface area contributed by atoms with Gasteiger partial charge in [0.05, 0.1) is 5.56 Å². The van der Waals surface area contributed by atoms with E-state index in [1.165, 1.54) is 46.2 Å². The molecule has 0 aromatic heterocycles. The number of amides is 2. The SMILES string of the molecule is O=C(c1cccc(F)c1)N1CCN(C(=O)c2ccccc2OC(F)F)CC1. The summed E-state index contributed by atoms with van der Waals surface area (Å²) >= 11 is 0. The molecule has 8 heteroatoms. The van der Waals surface area contributed by atoms with E-state index in [9.17, 15) is 22.8 Å². The fourth-order valence-corrected chi connectivity index (χ4v) is 2.93. The standard InChI is InChI=1S/C19H17F3N2O3/c20-14-5-3-4-13(12-14)17(25)23-8-10-24(11-9-23)18(26)15-6-1-2-7-16(15)27-19(21)22/h1-7,12,19H,8-11H2. The summed E-state index contributed by atoms with van der Waals surface area (Å²) in [5, 5.41) is 0. The first-order valence-electron chi connectivity index (χ1n) is 8.33. The number of hydrogen-bond donors (Lipinski definition) is 0. The number of nitrogens with zero attached hydrogens (tertiary/aromatic N) is 2. The average molecular weight is 378 g/mol. The molecule has 1 aliphatic heterocycles. The molecule has 1 aliphatic rings. The Morgan fingerprint density at radius 1 is 0.889 bits per heavy atom. The molecule has 0 N–H and O–H groups in total. The van der Waals surface area contributed by atoms with Crippen LogP contribution in [0.15, 0.2) is 48.5 Å². The molecule has 0 bridgehead atoms. The Hall–Kier alpha value is -3.03. The predicted octanol–water partition coefficient (Wildman–Crippen LogP) is 3.03. The zero-order chi connectivity index (χ0) is 19.4. The molecule has 0 atom stereocenters. The fraction of sp³-hybridized carbons (Fsp3) is 0.263. The third-order valence-corrected chi connectivity index (χ3v) is 4.26. The molecule has 0 spiro atoms. The van der Waals surface area contributed by atoms with Crippen LogP contribution in [0, 0.1) is 5.82 Å². The van der Waals surface area contributed by atoms with Crippen molar-refractivity contribution in [3.05, 3.63) is 65.5 Å². The maximum atomic E-state index is 13.3. The number of rotatable bonds is 4. The molecular formula is C19H17F3N2O3. The van der Waals surface area contributed by atoms with E-state index in [2.05, 4.69) is 4.74 Å². The predicted molar refractivity (Wildman–Crippen MR) is 91.3 cm³/mol. The lowest BCUT2D eigenvalue weighted by Gasteiger charge is -2.35. The van der Waals surface area contributed by atoms with Crippen molar-refractivity contribution >= 4 is 11.8 Å². The maximum Gasteiger partial charge on any atom is 0.387 e. The van der Waals surface area contributed by atoms with Crippen LogP contribution < -0.4 is 4.74 Å². The highest BCUT2D eigenvalue weighted by Gasteiger charge is 2.27. The number of hydrogen-bond acceptors (Lipinski definition) is 3.